The van der Waals surface area contributed by atoms with E-state index in [1.54, 1.807) is 0 Å². The van der Waals surface area contributed by atoms with E-state index in [-0.39, 0.29) is 15.5 Å². The van der Waals surface area contributed by atoms with Crippen molar-refractivity contribution in [3.8, 4) is 0 Å². The summed E-state index contributed by atoms with van der Waals surface area (Å²) in [5, 5.41) is -0.109. The van der Waals surface area contributed by atoms with E-state index in [1.165, 1.54) is 12.1 Å². The molecule has 1 rings (SSSR count). The van der Waals surface area contributed by atoms with Crippen LogP contribution in [0.1, 0.15) is 10.4 Å². The number of Topliss-reactive ketones (excluding diaryl/α,β-unsaturated/α-hetero) is 1. The molecule has 0 unspecified atom stereocenters. The van der Waals surface area contributed by atoms with Crippen molar-refractivity contribution in [1.29, 1.82) is 0 Å². The Balaban J connectivity index is 3.23. The summed E-state index contributed by atoms with van der Waals surface area (Å²) in [6.45, 7) is 0. The van der Waals surface area contributed by atoms with Gasteiger partial charge in [-0.2, -0.15) is 0 Å². The molecule has 0 saturated heterocycles. The van der Waals surface area contributed by atoms with E-state index >= 15 is 0 Å². The minimum atomic E-state index is -3.46. The highest BCUT2D eigenvalue weighted by atomic mass is 35.5. The summed E-state index contributed by atoms with van der Waals surface area (Å²) in [5.74, 6) is -1.91. The molecule has 0 radical (unpaired) electrons. The first-order valence-electron chi connectivity index (χ1n) is 4.39. The predicted octanol–water partition coefficient (Wildman–Crippen LogP) is 1.10. The Kier molecular flexibility index (Phi) is 3.90. The van der Waals surface area contributed by atoms with Gasteiger partial charge in [0.05, 0.1) is 17.0 Å². The lowest BCUT2D eigenvalue weighted by atomic mass is 10.1. The standard InChI is InChI=1S/C10H9ClO5S/c1-16-10(13)9(12)6-3-4-8(7(11)5-6)17(2,14)15/h3-5H,1-2H3. The van der Waals surface area contributed by atoms with Crippen molar-refractivity contribution in [1.82, 2.24) is 0 Å². The van der Waals surface area contributed by atoms with E-state index in [1.807, 2.05) is 0 Å². The van der Waals surface area contributed by atoms with Gasteiger partial charge in [-0.3, -0.25) is 4.79 Å². The molecule has 0 aliphatic heterocycles. The molecule has 17 heavy (non-hydrogen) atoms. The van der Waals surface area contributed by atoms with Crippen molar-refractivity contribution >= 4 is 33.2 Å². The van der Waals surface area contributed by atoms with Crippen molar-refractivity contribution in [2.45, 2.75) is 4.90 Å². The Hall–Kier alpha value is -1.40. The third-order valence-corrected chi connectivity index (χ3v) is 3.54. The lowest BCUT2D eigenvalue weighted by molar-refractivity contribution is -0.135. The van der Waals surface area contributed by atoms with Gasteiger partial charge in [0.1, 0.15) is 0 Å². The molecule has 0 aliphatic rings. The van der Waals surface area contributed by atoms with E-state index < -0.39 is 21.6 Å². The largest absolute Gasteiger partial charge is 0.463 e. The number of benzene rings is 1. The lowest BCUT2D eigenvalue weighted by Gasteiger charge is -2.04. The van der Waals surface area contributed by atoms with Crippen LogP contribution in [0.4, 0.5) is 0 Å². The fourth-order valence-electron chi connectivity index (χ4n) is 1.15. The van der Waals surface area contributed by atoms with Gasteiger partial charge in [0, 0.05) is 11.8 Å². The van der Waals surface area contributed by atoms with Crippen LogP contribution in [0.5, 0.6) is 0 Å². The first kappa shape index (κ1) is 13.7. The second-order valence-corrected chi connectivity index (χ2v) is 5.63. The Morgan fingerprint density at radius 3 is 2.29 bits per heavy atom. The van der Waals surface area contributed by atoms with Crippen LogP contribution in [0, 0.1) is 0 Å². The maximum Gasteiger partial charge on any atom is 0.379 e. The molecular formula is C10H9ClO5S. The summed E-state index contributed by atoms with van der Waals surface area (Å²) in [4.78, 5) is 22.3. The van der Waals surface area contributed by atoms with E-state index in [0.717, 1.165) is 19.4 Å². The van der Waals surface area contributed by atoms with Gasteiger partial charge < -0.3 is 4.74 Å². The number of methoxy groups -OCH3 is 1. The van der Waals surface area contributed by atoms with Crippen LogP contribution >= 0.6 is 11.6 Å². The Morgan fingerprint density at radius 1 is 1.29 bits per heavy atom. The van der Waals surface area contributed by atoms with Crippen LogP contribution in [0.2, 0.25) is 5.02 Å². The molecule has 0 atom stereocenters. The second kappa shape index (κ2) is 4.85. The summed E-state index contributed by atoms with van der Waals surface area (Å²) in [7, 11) is -2.39. The average molecular weight is 277 g/mol. The number of carbonyl (C=O) groups is 2. The number of esters is 1. The molecule has 0 aromatic heterocycles. The van der Waals surface area contributed by atoms with Crippen LogP contribution in [0.3, 0.4) is 0 Å². The highest BCUT2D eigenvalue weighted by Crippen LogP contribution is 2.22. The second-order valence-electron chi connectivity index (χ2n) is 3.24. The highest BCUT2D eigenvalue weighted by molar-refractivity contribution is 7.90. The topological polar surface area (TPSA) is 77.5 Å². The summed E-state index contributed by atoms with van der Waals surface area (Å²) in [5.41, 5.74) is -0.0192. The van der Waals surface area contributed by atoms with Crippen LogP contribution in [0.15, 0.2) is 23.1 Å². The molecule has 7 heteroatoms. The fourth-order valence-corrected chi connectivity index (χ4v) is 2.48. The van der Waals surface area contributed by atoms with Crippen molar-refractivity contribution in [2.24, 2.45) is 0 Å². The van der Waals surface area contributed by atoms with Gasteiger partial charge in [0.25, 0.3) is 5.78 Å². The first-order valence-corrected chi connectivity index (χ1v) is 6.66. The number of carbonyl (C=O) groups excluding carboxylic acids is 2. The molecule has 0 saturated carbocycles. The highest BCUT2D eigenvalue weighted by Gasteiger charge is 2.19. The van der Waals surface area contributed by atoms with E-state index in [4.69, 9.17) is 11.6 Å². The monoisotopic (exact) mass is 276 g/mol. The predicted molar refractivity (Wildman–Crippen MR) is 60.9 cm³/mol. The van der Waals surface area contributed by atoms with Gasteiger partial charge in [0.15, 0.2) is 9.84 Å². The molecule has 0 N–H and O–H groups in total. The van der Waals surface area contributed by atoms with Gasteiger partial charge in [-0.25, -0.2) is 13.2 Å². The van der Waals surface area contributed by atoms with Crippen LogP contribution in [0.25, 0.3) is 0 Å². The fraction of sp³-hybridized carbons (Fsp3) is 0.200. The van der Waals surface area contributed by atoms with Gasteiger partial charge in [-0.05, 0) is 18.2 Å². The Morgan fingerprint density at radius 2 is 1.88 bits per heavy atom. The number of ketones is 1. The van der Waals surface area contributed by atoms with E-state index in [0.29, 0.717) is 0 Å². The number of sulfone groups is 1. The zero-order chi connectivity index (χ0) is 13.2. The normalized spacial score (nSPS) is 11.0. The molecule has 0 heterocycles. The number of hydrogen-bond donors (Lipinski definition) is 0. The van der Waals surface area contributed by atoms with Crippen LogP contribution in [-0.4, -0.2) is 33.5 Å². The number of halogens is 1. The molecule has 0 fully saturated rings. The minimum absolute atomic E-state index is 0.0192. The summed E-state index contributed by atoms with van der Waals surface area (Å²) < 4.78 is 26.8. The first-order chi connectivity index (χ1) is 7.77. The molecule has 0 bridgehead atoms. The smallest absolute Gasteiger partial charge is 0.379 e. The molecule has 0 spiro atoms. The van der Waals surface area contributed by atoms with Crippen LogP contribution < -0.4 is 0 Å². The van der Waals surface area contributed by atoms with Gasteiger partial charge in [-0.1, -0.05) is 11.6 Å². The molecule has 5 nitrogen and oxygen atoms in total. The minimum Gasteiger partial charge on any atom is -0.463 e. The SMILES string of the molecule is COC(=O)C(=O)c1ccc(S(C)(=O)=O)c(Cl)c1. The zero-order valence-corrected chi connectivity index (χ0v) is 10.6. The molecule has 1 aromatic rings. The molecule has 0 amide bonds. The van der Waals surface area contributed by atoms with Gasteiger partial charge >= 0.3 is 5.97 Å². The molecule has 0 aliphatic carbocycles. The quantitative estimate of drug-likeness (QED) is 0.469. The summed E-state index contributed by atoms with van der Waals surface area (Å²) >= 11 is 5.72. The maximum absolute atomic E-state index is 11.4. The maximum atomic E-state index is 11.4. The summed E-state index contributed by atoms with van der Waals surface area (Å²) in [6, 6.07) is 3.51. The number of hydrogen-bond acceptors (Lipinski definition) is 5. The van der Waals surface area contributed by atoms with E-state index in [2.05, 4.69) is 4.74 Å². The third kappa shape index (κ3) is 3.04. The van der Waals surface area contributed by atoms with E-state index in [9.17, 15) is 18.0 Å². The molecular weight excluding hydrogens is 268 g/mol. The number of ether oxygens (including phenoxy) is 1. The van der Waals surface area contributed by atoms with Gasteiger partial charge in [-0.15, -0.1) is 0 Å². The van der Waals surface area contributed by atoms with Crippen molar-refractivity contribution in [3.63, 3.8) is 0 Å². The number of rotatable bonds is 3. The van der Waals surface area contributed by atoms with Gasteiger partial charge in [0.2, 0.25) is 0 Å². The average Bonchev–Trinajstić information content (AvgIpc) is 2.25. The zero-order valence-electron chi connectivity index (χ0n) is 9.06. The Labute approximate surface area is 103 Å². The van der Waals surface area contributed by atoms with Crippen molar-refractivity contribution in [2.75, 3.05) is 13.4 Å². The Bertz CT molecular complexity index is 576. The lowest BCUT2D eigenvalue weighted by Crippen LogP contribution is -2.15. The third-order valence-electron chi connectivity index (χ3n) is 1.96. The summed E-state index contributed by atoms with van der Waals surface area (Å²) in [6.07, 6.45) is 0.996. The molecule has 1 aromatic carbocycles. The van der Waals surface area contributed by atoms with Crippen LogP contribution in [-0.2, 0) is 19.4 Å². The molecule has 92 valence electrons. The van der Waals surface area contributed by atoms with Crippen molar-refractivity contribution < 1.29 is 22.7 Å². The van der Waals surface area contributed by atoms with Crippen molar-refractivity contribution in [3.05, 3.63) is 28.8 Å².